The predicted molar refractivity (Wildman–Crippen MR) is 111 cm³/mol. The van der Waals surface area contributed by atoms with Gasteiger partial charge in [-0.15, -0.1) is 0 Å². The van der Waals surface area contributed by atoms with Crippen LogP contribution in [0.2, 0.25) is 0 Å². The summed E-state index contributed by atoms with van der Waals surface area (Å²) in [5.74, 6) is -1.54. The number of ether oxygens (including phenoxy) is 1. The van der Waals surface area contributed by atoms with E-state index in [1.165, 1.54) is 12.4 Å². The molecule has 0 fully saturated rings. The molecule has 2 aromatic carbocycles. The molecule has 0 aliphatic rings. The lowest BCUT2D eigenvalue weighted by Gasteiger charge is -2.13. The SMILES string of the molecule is CC(C)COC(=O)c1ccc(Nc2ncnc(Nc3ccc(F)c(F)c3)c2N)cc1. The van der Waals surface area contributed by atoms with E-state index in [1.807, 2.05) is 13.8 Å². The van der Waals surface area contributed by atoms with E-state index < -0.39 is 17.6 Å². The molecule has 0 aliphatic heterocycles. The second-order valence-corrected chi connectivity index (χ2v) is 6.93. The maximum atomic E-state index is 13.4. The number of nitrogens with two attached hydrogens (primary N) is 1. The van der Waals surface area contributed by atoms with Gasteiger partial charge in [-0.25, -0.2) is 23.5 Å². The highest BCUT2D eigenvalue weighted by Crippen LogP contribution is 2.28. The Kier molecular flexibility index (Phi) is 6.41. The van der Waals surface area contributed by atoms with E-state index in [1.54, 1.807) is 24.3 Å². The van der Waals surface area contributed by atoms with Gasteiger partial charge in [-0.05, 0) is 42.3 Å². The van der Waals surface area contributed by atoms with Gasteiger partial charge in [0.1, 0.15) is 12.0 Å². The van der Waals surface area contributed by atoms with Crippen molar-refractivity contribution in [1.29, 1.82) is 0 Å². The van der Waals surface area contributed by atoms with Crippen LogP contribution in [0.1, 0.15) is 24.2 Å². The van der Waals surface area contributed by atoms with Crippen LogP contribution in [-0.2, 0) is 4.74 Å². The Hall–Kier alpha value is -3.75. The topological polar surface area (TPSA) is 102 Å². The number of aromatic nitrogens is 2. The van der Waals surface area contributed by atoms with Gasteiger partial charge < -0.3 is 21.1 Å². The molecule has 0 saturated heterocycles. The summed E-state index contributed by atoms with van der Waals surface area (Å²) in [5, 5.41) is 5.86. The Morgan fingerprint density at radius 1 is 1.00 bits per heavy atom. The van der Waals surface area contributed by atoms with Gasteiger partial charge in [-0.2, -0.15) is 0 Å². The minimum absolute atomic E-state index is 0.183. The molecule has 1 heterocycles. The first-order valence-electron chi connectivity index (χ1n) is 9.20. The first kappa shape index (κ1) is 21.0. The first-order chi connectivity index (χ1) is 14.3. The van der Waals surface area contributed by atoms with Crippen LogP contribution in [0, 0.1) is 17.6 Å². The summed E-state index contributed by atoms with van der Waals surface area (Å²) in [7, 11) is 0. The lowest BCUT2D eigenvalue weighted by molar-refractivity contribution is 0.0459. The van der Waals surface area contributed by atoms with E-state index in [4.69, 9.17) is 10.5 Å². The molecular formula is C21H21F2N5O2. The van der Waals surface area contributed by atoms with Crippen LogP contribution in [0.15, 0.2) is 48.8 Å². The minimum Gasteiger partial charge on any atom is -0.462 e. The summed E-state index contributed by atoms with van der Waals surface area (Å²) < 4.78 is 31.7. The highest BCUT2D eigenvalue weighted by atomic mass is 19.2. The number of hydrogen-bond acceptors (Lipinski definition) is 7. The number of carbonyl (C=O) groups excluding carboxylic acids is 1. The van der Waals surface area contributed by atoms with Gasteiger partial charge in [-0.1, -0.05) is 13.8 Å². The summed E-state index contributed by atoms with van der Waals surface area (Å²) >= 11 is 0. The van der Waals surface area contributed by atoms with Crippen LogP contribution in [0.25, 0.3) is 0 Å². The molecular weight excluding hydrogens is 392 g/mol. The standard InChI is InChI=1S/C21H21F2N5O2/c1-12(2)10-30-21(29)13-3-5-14(6-4-13)27-19-18(24)20(26-11-25-19)28-15-7-8-16(22)17(23)9-15/h3-9,11-12H,10,24H2,1-2H3,(H2,25,26,27,28). The van der Waals surface area contributed by atoms with Crippen LogP contribution in [0.3, 0.4) is 0 Å². The molecule has 156 valence electrons. The quantitative estimate of drug-likeness (QED) is 0.485. The van der Waals surface area contributed by atoms with Gasteiger partial charge in [0.15, 0.2) is 23.3 Å². The Balaban J connectivity index is 1.72. The number of rotatable bonds is 7. The predicted octanol–water partition coefficient (Wildman–Crippen LogP) is 4.64. The molecule has 1 aromatic heterocycles. The van der Waals surface area contributed by atoms with E-state index in [0.29, 0.717) is 23.7 Å². The molecule has 0 atom stereocenters. The van der Waals surface area contributed by atoms with Crippen molar-refractivity contribution in [3.05, 3.63) is 66.0 Å². The first-order valence-corrected chi connectivity index (χ1v) is 9.20. The molecule has 3 aromatic rings. The Morgan fingerprint density at radius 2 is 1.60 bits per heavy atom. The molecule has 3 rings (SSSR count). The van der Waals surface area contributed by atoms with Crippen molar-refractivity contribution in [3.63, 3.8) is 0 Å². The van der Waals surface area contributed by atoms with Crippen LogP contribution in [-0.4, -0.2) is 22.5 Å². The molecule has 0 spiro atoms. The fourth-order valence-corrected chi connectivity index (χ4v) is 2.46. The van der Waals surface area contributed by atoms with E-state index in [2.05, 4.69) is 20.6 Å². The molecule has 0 saturated carbocycles. The van der Waals surface area contributed by atoms with Gasteiger partial charge in [0.25, 0.3) is 0 Å². The number of halogens is 2. The number of hydrogen-bond donors (Lipinski definition) is 3. The fraction of sp³-hybridized carbons (Fsp3) is 0.190. The number of carbonyl (C=O) groups is 1. The largest absolute Gasteiger partial charge is 0.462 e. The molecule has 0 aliphatic carbocycles. The number of nitrogens with one attached hydrogen (secondary N) is 2. The van der Waals surface area contributed by atoms with Crippen molar-refractivity contribution < 1.29 is 18.3 Å². The molecule has 7 nitrogen and oxygen atoms in total. The van der Waals surface area contributed by atoms with Crippen molar-refractivity contribution in [2.75, 3.05) is 23.0 Å². The van der Waals surface area contributed by atoms with E-state index in [-0.39, 0.29) is 23.1 Å². The maximum Gasteiger partial charge on any atom is 0.338 e. The van der Waals surface area contributed by atoms with Gasteiger partial charge in [-0.3, -0.25) is 0 Å². The highest BCUT2D eigenvalue weighted by Gasteiger charge is 2.12. The molecule has 0 bridgehead atoms. The number of nitrogen functional groups attached to an aromatic ring is 1. The summed E-state index contributed by atoms with van der Waals surface area (Å²) in [6.07, 6.45) is 1.28. The van der Waals surface area contributed by atoms with E-state index in [9.17, 15) is 13.6 Å². The van der Waals surface area contributed by atoms with Gasteiger partial charge in [0, 0.05) is 17.4 Å². The van der Waals surface area contributed by atoms with Gasteiger partial charge >= 0.3 is 5.97 Å². The van der Waals surface area contributed by atoms with Crippen LogP contribution in [0.5, 0.6) is 0 Å². The Bertz CT molecular complexity index is 1040. The van der Waals surface area contributed by atoms with Crippen LogP contribution >= 0.6 is 0 Å². The number of anilines is 5. The van der Waals surface area contributed by atoms with Gasteiger partial charge in [0.05, 0.1) is 12.2 Å². The zero-order chi connectivity index (χ0) is 21.7. The smallest absolute Gasteiger partial charge is 0.338 e. The Labute approximate surface area is 172 Å². The molecule has 9 heteroatoms. The lowest BCUT2D eigenvalue weighted by Crippen LogP contribution is -2.10. The number of benzene rings is 2. The third-order valence-electron chi connectivity index (χ3n) is 4.00. The van der Waals surface area contributed by atoms with Crippen LogP contribution in [0.4, 0.5) is 37.5 Å². The number of esters is 1. The van der Waals surface area contributed by atoms with Crippen LogP contribution < -0.4 is 16.4 Å². The minimum atomic E-state index is -0.988. The molecule has 0 unspecified atom stereocenters. The average molecular weight is 413 g/mol. The summed E-state index contributed by atoms with van der Waals surface area (Å²) in [6.45, 7) is 4.27. The average Bonchev–Trinajstić information content (AvgIpc) is 2.72. The summed E-state index contributed by atoms with van der Waals surface area (Å²) in [5.41, 5.74) is 7.64. The molecule has 4 N–H and O–H groups in total. The third-order valence-corrected chi connectivity index (χ3v) is 4.00. The maximum absolute atomic E-state index is 13.4. The fourth-order valence-electron chi connectivity index (χ4n) is 2.46. The van der Waals surface area contributed by atoms with Crippen molar-refractivity contribution in [2.24, 2.45) is 5.92 Å². The van der Waals surface area contributed by atoms with Crippen molar-refractivity contribution >= 4 is 34.7 Å². The van der Waals surface area contributed by atoms with Gasteiger partial charge in [0.2, 0.25) is 0 Å². The summed E-state index contributed by atoms with van der Waals surface area (Å²) in [4.78, 5) is 20.1. The van der Waals surface area contributed by atoms with Crippen molar-refractivity contribution in [3.8, 4) is 0 Å². The molecule has 0 amide bonds. The zero-order valence-corrected chi connectivity index (χ0v) is 16.4. The highest BCUT2D eigenvalue weighted by molar-refractivity contribution is 5.90. The Morgan fingerprint density at radius 3 is 2.20 bits per heavy atom. The molecule has 30 heavy (non-hydrogen) atoms. The van der Waals surface area contributed by atoms with Crippen molar-refractivity contribution in [1.82, 2.24) is 9.97 Å². The third kappa shape index (κ3) is 5.19. The zero-order valence-electron chi connectivity index (χ0n) is 16.4. The second-order valence-electron chi connectivity index (χ2n) is 6.93. The number of nitrogens with zero attached hydrogens (tertiary/aromatic N) is 2. The second kappa shape index (κ2) is 9.17. The molecule has 0 radical (unpaired) electrons. The monoisotopic (exact) mass is 413 g/mol. The van der Waals surface area contributed by atoms with E-state index >= 15 is 0 Å². The normalized spacial score (nSPS) is 10.7. The summed E-state index contributed by atoms with van der Waals surface area (Å²) in [6, 6.07) is 10.0. The van der Waals surface area contributed by atoms with Crippen molar-refractivity contribution in [2.45, 2.75) is 13.8 Å². The van der Waals surface area contributed by atoms with E-state index in [0.717, 1.165) is 12.1 Å². The lowest BCUT2D eigenvalue weighted by atomic mass is 10.2.